The van der Waals surface area contributed by atoms with Crippen LogP contribution in [0.4, 0.5) is 0 Å². The van der Waals surface area contributed by atoms with Crippen LogP contribution in [0.25, 0.3) is 0 Å². The van der Waals surface area contributed by atoms with E-state index in [2.05, 4.69) is 12.1 Å². The number of amides is 1. The number of rotatable bonds is 6. The third-order valence-electron chi connectivity index (χ3n) is 5.04. The van der Waals surface area contributed by atoms with Gasteiger partial charge in [0, 0.05) is 23.7 Å². The van der Waals surface area contributed by atoms with Gasteiger partial charge in [0.25, 0.3) is 0 Å². The molecule has 0 N–H and O–H groups in total. The average molecular weight is 351 g/mol. The summed E-state index contributed by atoms with van der Waals surface area (Å²) >= 11 is 0. The van der Waals surface area contributed by atoms with Crippen molar-refractivity contribution in [1.29, 1.82) is 0 Å². The molecule has 0 aliphatic carbocycles. The third kappa shape index (κ3) is 4.13. The largest absolute Gasteiger partial charge is 0.496 e. The van der Waals surface area contributed by atoms with E-state index in [1.807, 2.05) is 23.1 Å². The maximum absolute atomic E-state index is 13.0. The first-order valence-electron chi connectivity index (χ1n) is 9.09. The molecule has 1 amide bonds. The highest BCUT2D eigenvalue weighted by Crippen LogP contribution is 2.25. The van der Waals surface area contributed by atoms with Gasteiger partial charge < -0.3 is 9.64 Å². The lowest BCUT2D eigenvalue weighted by Crippen LogP contribution is -2.37. The Balaban J connectivity index is 1.74. The van der Waals surface area contributed by atoms with Gasteiger partial charge in [-0.15, -0.1) is 0 Å². The molecule has 136 valence electrons. The van der Waals surface area contributed by atoms with E-state index < -0.39 is 0 Å². The molecule has 0 saturated carbocycles. The van der Waals surface area contributed by atoms with Crippen LogP contribution in [0.1, 0.15) is 41.3 Å². The zero-order chi connectivity index (χ0) is 18.5. The fourth-order valence-electron chi connectivity index (χ4n) is 3.66. The minimum absolute atomic E-state index is 0.00974. The predicted molar refractivity (Wildman–Crippen MR) is 102 cm³/mol. The number of carbonyl (C=O) groups is 2. The van der Waals surface area contributed by atoms with Crippen LogP contribution in [0.15, 0.2) is 48.5 Å². The van der Waals surface area contributed by atoms with Gasteiger partial charge in [0.1, 0.15) is 5.75 Å². The summed E-state index contributed by atoms with van der Waals surface area (Å²) in [6.07, 6.45) is 3.21. The molecule has 1 unspecified atom stereocenters. The number of benzene rings is 2. The zero-order valence-electron chi connectivity index (χ0n) is 15.4. The molecular formula is C22H25NO3. The lowest BCUT2D eigenvalue weighted by atomic mass is 10.0. The highest BCUT2D eigenvalue weighted by atomic mass is 16.5. The maximum atomic E-state index is 13.0. The lowest BCUT2D eigenvalue weighted by molar-refractivity contribution is -0.131. The summed E-state index contributed by atoms with van der Waals surface area (Å²) in [5, 5.41) is 0. The molecule has 1 fully saturated rings. The first kappa shape index (κ1) is 18.2. The van der Waals surface area contributed by atoms with Crippen molar-refractivity contribution in [2.45, 2.75) is 38.6 Å². The molecule has 1 aliphatic rings. The van der Waals surface area contributed by atoms with E-state index in [9.17, 15) is 9.59 Å². The molecule has 26 heavy (non-hydrogen) atoms. The number of ketones is 1. The minimum atomic E-state index is -0.00974. The molecule has 1 saturated heterocycles. The lowest BCUT2D eigenvalue weighted by Gasteiger charge is -2.25. The molecule has 1 aliphatic heterocycles. The standard InChI is InChI=1S/C22H25NO3/c1-16(24)18-10-11-21(26-2)19(14-18)15-22(25)23-12-6-9-20(23)13-17-7-4-3-5-8-17/h3-5,7-8,10-11,14,20H,6,9,12-13,15H2,1-2H3. The molecule has 3 rings (SSSR count). The van der Waals surface area contributed by atoms with Gasteiger partial charge in [0.2, 0.25) is 5.91 Å². The molecule has 0 aromatic heterocycles. The highest BCUT2D eigenvalue weighted by Gasteiger charge is 2.29. The summed E-state index contributed by atoms with van der Waals surface area (Å²) in [6.45, 7) is 2.33. The van der Waals surface area contributed by atoms with Crippen molar-refractivity contribution in [3.8, 4) is 5.75 Å². The fourth-order valence-corrected chi connectivity index (χ4v) is 3.66. The van der Waals surface area contributed by atoms with Crippen LogP contribution in [0.2, 0.25) is 0 Å². The average Bonchev–Trinajstić information content (AvgIpc) is 3.10. The quantitative estimate of drug-likeness (QED) is 0.746. The third-order valence-corrected chi connectivity index (χ3v) is 5.04. The Hall–Kier alpha value is -2.62. The highest BCUT2D eigenvalue weighted by molar-refractivity contribution is 5.94. The topological polar surface area (TPSA) is 46.6 Å². The van der Waals surface area contributed by atoms with Gasteiger partial charge in [0.05, 0.1) is 13.5 Å². The number of nitrogens with zero attached hydrogens (tertiary/aromatic N) is 1. The molecule has 4 nitrogen and oxygen atoms in total. The number of hydrogen-bond donors (Lipinski definition) is 0. The molecule has 2 aromatic rings. The van der Waals surface area contributed by atoms with Gasteiger partial charge in [0.15, 0.2) is 5.78 Å². The second-order valence-corrected chi connectivity index (χ2v) is 6.83. The van der Waals surface area contributed by atoms with Gasteiger partial charge >= 0.3 is 0 Å². The van der Waals surface area contributed by atoms with Crippen LogP contribution in [-0.4, -0.2) is 36.3 Å². The van der Waals surface area contributed by atoms with E-state index in [1.54, 1.807) is 25.3 Å². The summed E-state index contributed by atoms with van der Waals surface area (Å²) in [4.78, 5) is 26.6. The van der Waals surface area contributed by atoms with E-state index in [0.717, 1.165) is 31.4 Å². The summed E-state index contributed by atoms with van der Waals surface area (Å²) in [5.74, 6) is 0.745. The first-order chi connectivity index (χ1) is 12.6. The van der Waals surface area contributed by atoms with E-state index >= 15 is 0 Å². The number of carbonyl (C=O) groups excluding carboxylic acids is 2. The number of ether oxygens (including phenoxy) is 1. The van der Waals surface area contributed by atoms with Gasteiger partial charge in [-0.05, 0) is 49.9 Å². The van der Waals surface area contributed by atoms with Gasteiger partial charge in [-0.25, -0.2) is 0 Å². The molecular weight excluding hydrogens is 326 g/mol. The van der Waals surface area contributed by atoms with Crippen molar-refractivity contribution in [1.82, 2.24) is 4.90 Å². The molecule has 4 heteroatoms. The summed E-state index contributed by atoms with van der Waals surface area (Å²) in [5.41, 5.74) is 2.64. The minimum Gasteiger partial charge on any atom is -0.496 e. The van der Waals surface area contributed by atoms with Crippen molar-refractivity contribution < 1.29 is 14.3 Å². The number of Topliss-reactive ketones (excluding diaryl/α,β-unsaturated/α-hetero) is 1. The van der Waals surface area contributed by atoms with Gasteiger partial charge in [-0.2, -0.15) is 0 Å². The molecule has 0 bridgehead atoms. The van der Waals surface area contributed by atoms with Crippen molar-refractivity contribution in [3.63, 3.8) is 0 Å². The Bertz CT molecular complexity index is 785. The van der Waals surface area contributed by atoms with Crippen LogP contribution >= 0.6 is 0 Å². The second-order valence-electron chi connectivity index (χ2n) is 6.83. The van der Waals surface area contributed by atoms with Crippen LogP contribution in [-0.2, 0) is 17.6 Å². The van der Waals surface area contributed by atoms with Crippen molar-refractivity contribution in [3.05, 3.63) is 65.2 Å². The number of hydrogen-bond acceptors (Lipinski definition) is 3. The van der Waals surface area contributed by atoms with Crippen molar-refractivity contribution in [2.24, 2.45) is 0 Å². The van der Waals surface area contributed by atoms with Crippen LogP contribution in [0, 0.1) is 0 Å². The Morgan fingerprint density at radius 3 is 2.62 bits per heavy atom. The summed E-state index contributed by atoms with van der Waals surface area (Å²) in [7, 11) is 1.59. The normalized spacial score (nSPS) is 16.5. The predicted octanol–water partition coefficient (Wildman–Crippen LogP) is 3.67. The monoisotopic (exact) mass is 351 g/mol. The maximum Gasteiger partial charge on any atom is 0.227 e. The Kier molecular flexibility index (Phi) is 5.71. The molecule has 2 aromatic carbocycles. The zero-order valence-corrected chi connectivity index (χ0v) is 15.4. The van der Waals surface area contributed by atoms with Crippen LogP contribution in [0.3, 0.4) is 0 Å². The fraction of sp³-hybridized carbons (Fsp3) is 0.364. The summed E-state index contributed by atoms with van der Waals surface area (Å²) in [6, 6.07) is 15.8. The van der Waals surface area contributed by atoms with Crippen molar-refractivity contribution >= 4 is 11.7 Å². The van der Waals surface area contributed by atoms with Crippen LogP contribution < -0.4 is 4.74 Å². The Morgan fingerprint density at radius 1 is 1.15 bits per heavy atom. The second kappa shape index (κ2) is 8.17. The molecule has 0 spiro atoms. The first-order valence-corrected chi connectivity index (χ1v) is 9.09. The number of likely N-dealkylation sites (tertiary alicyclic amines) is 1. The molecule has 1 atom stereocenters. The molecule has 1 heterocycles. The van der Waals surface area contributed by atoms with Crippen molar-refractivity contribution in [2.75, 3.05) is 13.7 Å². The number of methoxy groups -OCH3 is 1. The molecule has 0 radical (unpaired) electrons. The van der Waals surface area contributed by atoms with E-state index in [4.69, 9.17) is 4.74 Å². The van der Waals surface area contributed by atoms with E-state index in [0.29, 0.717) is 11.3 Å². The Morgan fingerprint density at radius 2 is 1.92 bits per heavy atom. The smallest absolute Gasteiger partial charge is 0.227 e. The Labute approximate surface area is 154 Å². The van der Waals surface area contributed by atoms with Gasteiger partial charge in [-0.1, -0.05) is 30.3 Å². The van der Waals surface area contributed by atoms with Gasteiger partial charge in [-0.3, -0.25) is 9.59 Å². The van der Waals surface area contributed by atoms with E-state index in [1.165, 1.54) is 12.5 Å². The van der Waals surface area contributed by atoms with Crippen LogP contribution in [0.5, 0.6) is 5.75 Å². The van der Waals surface area contributed by atoms with E-state index in [-0.39, 0.29) is 24.2 Å². The summed E-state index contributed by atoms with van der Waals surface area (Å²) < 4.78 is 5.38. The SMILES string of the molecule is COc1ccc(C(C)=O)cc1CC(=O)N1CCCC1Cc1ccccc1.